The molecule has 0 fully saturated rings. The number of rotatable bonds is 5. The van der Waals surface area contributed by atoms with Crippen LogP contribution in [-0.2, 0) is 4.79 Å². The summed E-state index contributed by atoms with van der Waals surface area (Å²) in [5.41, 5.74) is 0. The summed E-state index contributed by atoms with van der Waals surface area (Å²) < 4.78 is 0. The second-order valence-electron chi connectivity index (χ2n) is 3.36. The molecule has 0 aromatic heterocycles. The van der Waals surface area contributed by atoms with Gasteiger partial charge in [-0.15, -0.1) is 0 Å². The highest BCUT2D eigenvalue weighted by molar-refractivity contribution is 5.84. The van der Waals surface area contributed by atoms with Crippen molar-refractivity contribution < 1.29 is 9.90 Å². The predicted molar refractivity (Wildman–Crippen MR) is 49.0 cm³/mol. The van der Waals surface area contributed by atoms with E-state index < -0.39 is 12.1 Å². The first-order valence-corrected chi connectivity index (χ1v) is 4.45. The zero-order chi connectivity index (χ0) is 9.72. The third-order valence-corrected chi connectivity index (χ3v) is 1.69. The van der Waals surface area contributed by atoms with Gasteiger partial charge in [0.05, 0.1) is 12.1 Å². The molecule has 0 saturated carbocycles. The number of aliphatic hydroxyl groups is 1. The van der Waals surface area contributed by atoms with Crippen molar-refractivity contribution in [2.75, 3.05) is 0 Å². The molecule has 0 spiro atoms. The van der Waals surface area contributed by atoms with E-state index in [2.05, 4.69) is 5.32 Å². The summed E-state index contributed by atoms with van der Waals surface area (Å²) in [5.74, 6) is 0.0682. The molecule has 3 nitrogen and oxygen atoms in total. The van der Waals surface area contributed by atoms with Gasteiger partial charge in [0.1, 0.15) is 0 Å². The van der Waals surface area contributed by atoms with E-state index in [1.807, 2.05) is 13.8 Å². The molecule has 0 aromatic rings. The molecule has 0 heterocycles. The molecular formula is C9H19NO2. The van der Waals surface area contributed by atoms with Crippen molar-refractivity contribution in [3.8, 4) is 0 Å². The highest BCUT2D eigenvalue weighted by atomic mass is 16.3. The molecule has 0 aromatic carbocycles. The minimum Gasteiger partial charge on any atom is -0.391 e. The number of hydrogen-bond donors (Lipinski definition) is 2. The highest BCUT2D eigenvalue weighted by Crippen LogP contribution is 1.99. The summed E-state index contributed by atoms with van der Waals surface area (Å²) in [7, 11) is 0. The predicted octanol–water partition coefficient (Wildman–Crippen LogP) is 0.713. The summed E-state index contributed by atoms with van der Waals surface area (Å²) in [6.07, 6.45) is -0.144. The summed E-state index contributed by atoms with van der Waals surface area (Å²) in [6, 6.07) is -0.185. The van der Waals surface area contributed by atoms with E-state index in [1.54, 1.807) is 13.8 Å². The molecule has 72 valence electrons. The fourth-order valence-electron chi connectivity index (χ4n) is 1.08. The fourth-order valence-corrected chi connectivity index (χ4v) is 1.08. The van der Waals surface area contributed by atoms with Crippen molar-refractivity contribution >= 4 is 5.78 Å². The third kappa shape index (κ3) is 3.83. The molecular weight excluding hydrogens is 154 g/mol. The first kappa shape index (κ1) is 11.6. The normalized spacial score (nSPS) is 16.2. The fraction of sp³-hybridized carbons (Fsp3) is 0.889. The van der Waals surface area contributed by atoms with Crippen molar-refractivity contribution in [2.24, 2.45) is 0 Å². The van der Waals surface area contributed by atoms with Gasteiger partial charge in [0.2, 0.25) is 0 Å². The van der Waals surface area contributed by atoms with Crippen molar-refractivity contribution in [1.29, 1.82) is 0 Å². The largest absolute Gasteiger partial charge is 0.391 e. The molecule has 0 radical (unpaired) electrons. The summed E-state index contributed by atoms with van der Waals surface area (Å²) in [5, 5.41) is 12.3. The lowest BCUT2D eigenvalue weighted by Gasteiger charge is -2.21. The molecule has 3 heteroatoms. The van der Waals surface area contributed by atoms with E-state index >= 15 is 0 Å². The first-order valence-electron chi connectivity index (χ1n) is 4.45. The van der Waals surface area contributed by atoms with E-state index in [0.717, 1.165) is 0 Å². The molecule has 0 aliphatic heterocycles. The average molecular weight is 173 g/mol. The van der Waals surface area contributed by atoms with Crippen molar-refractivity contribution in [3.63, 3.8) is 0 Å². The Morgan fingerprint density at radius 2 is 1.92 bits per heavy atom. The Kier molecular flexibility index (Phi) is 5.09. The quantitative estimate of drug-likeness (QED) is 0.644. The second kappa shape index (κ2) is 5.27. The van der Waals surface area contributed by atoms with Crippen LogP contribution in [0.25, 0.3) is 0 Å². The molecule has 2 atom stereocenters. The van der Waals surface area contributed by atoms with Crippen LogP contribution in [0.5, 0.6) is 0 Å². The second-order valence-corrected chi connectivity index (χ2v) is 3.36. The molecule has 0 unspecified atom stereocenters. The van der Waals surface area contributed by atoms with Gasteiger partial charge in [-0.25, -0.2) is 0 Å². The van der Waals surface area contributed by atoms with Gasteiger partial charge in [-0.05, 0) is 6.92 Å². The van der Waals surface area contributed by atoms with E-state index in [1.165, 1.54) is 0 Å². The van der Waals surface area contributed by atoms with Gasteiger partial charge < -0.3 is 10.4 Å². The monoisotopic (exact) mass is 173 g/mol. The lowest BCUT2D eigenvalue weighted by molar-refractivity contribution is -0.123. The average Bonchev–Trinajstić information content (AvgIpc) is 1.98. The Morgan fingerprint density at radius 3 is 2.17 bits per heavy atom. The van der Waals surface area contributed by atoms with Crippen molar-refractivity contribution in [2.45, 2.75) is 52.3 Å². The zero-order valence-electron chi connectivity index (χ0n) is 8.29. The smallest absolute Gasteiger partial charge is 0.152 e. The Bertz CT molecular complexity index is 143. The third-order valence-electron chi connectivity index (χ3n) is 1.69. The van der Waals surface area contributed by atoms with Crippen LogP contribution in [0.3, 0.4) is 0 Å². The molecule has 0 saturated heterocycles. The van der Waals surface area contributed by atoms with Gasteiger partial charge in [0.15, 0.2) is 5.78 Å². The van der Waals surface area contributed by atoms with E-state index in [4.69, 9.17) is 0 Å². The van der Waals surface area contributed by atoms with Crippen LogP contribution < -0.4 is 5.32 Å². The number of ketones is 1. The number of carbonyl (C=O) groups excluding carboxylic acids is 1. The first-order chi connectivity index (χ1) is 5.49. The Morgan fingerprint density at radius 1 is 1.42 bits per heavy atom. The Balaban J connectivity index is 4.13. The Labute approximate surface area is 74.2 Å². The number of nitrogens with one attached hydrogen (secondary N) is 1. The maximum absolute atomic E-state index is 11.3. The SMILES string of the molecule is CCC(=O)[C@@H](NC(C)C)[C@@H](C)O. The minimum atomic E-state index is -0.611. The lowest BCUT2D eigenvalue weighted by Crippen LogP contribution is -2.47. The van der Waals surface area contributed by atoms with Crippen LogP contribution in [0.15, 0.2) is 0 Å². The highest BCUT2D eigenvalue weighted by Gasteiger charge is 2.21. The summed E-state index contributed by atoms with van der Waals surface area (Å²) in [6.45, 7) is 7.35. The maximum atomic E-state index is 11.3. The number of hydrogen-bond acceptors (Lipinski definition) is 3. The maximum Gasteiger partial charge on any atom is 0.152 e. The van der Waals surface area contributed by atoms with Crippen LogP contribution in [0, 0.1) is 0 Å². The summed E-state index contributed by atoms with van der Waals surface area (Å²) >= 11 is 0. The minimum absolute atomic E-state index is 0.0682. The summed E-state index contributed by atoms with van der Waals surface area (Å²) in [4.78, 5) is 11.3. The lowest BCUT2D eigenvalue weighted by atomic mass is 10.0. The van der Waals surface area contributed by atoms with Crippen LogP contribution in [0.1, 0.15) is 34.1 Å². The van der Waals surface area contributed by atoms with Gasteiger partial charge >= 0.3 is 0 Å². The van der Waals surface area contributed by atoms with E-state index in [0.29, 0.717) is 6.42 Å². The number of aliphatic hydroxyl groups excluding tert-OH is 1. The van der Waals surface area contributed by atoms with Crippen LogP contribution in [0.2, 0.25) is 0 Å². The van der Waals surface area contributed by atoms with Crippen LogP contribution >= 0.6 is 0 Å². The zero-order valence-corrected chi connectivity index (χ0v) is 8.29. The molecule has 0 rings (SSSR count). The van der Waals surface area contributed by atoms with Crippen LogP contribution in [-0.4, -0.2) is 29.1 Å². The van der Waals surface area contributed by atoms with Crippen molar-refractivity contribution in [1.82, 2.24) is 5.32 Å². The van der Waals surface area contributed by atoms with Crippen LogP contribution in [0.4, 0.5) is 0 Å². The van der Waals surface area contributed by atoms with E-state index in [-0.39, 0.29) is 11.8 Å². The van der Waals surface area contributed by atoms with Gasteiger partial charge in [-0.3, -0.25) is 4.79 Å². The molecule has 2 N–H and O–H groups in total. The molecule has 12 heavy (non-hydrogen) atoms. The van der Waals surface area contributed by atoms with Gasteiger partial charge in [0, 0.05) is 12.5 Å². The molecule has 0 aliphatic carbocycles. The number of Topliss-reactive ketones (excluding diaryl/α,β-unsaturated/α-hetero) is 1. The van der Waals surface area contributed by atoms with Gasteiger partial charge in [0.25, 0.3) is 0 Å². The molecule has 0 amide bonds. The molecule has 0 bridgehead atoms. The number of carbonyl (C=O) groups is 1. The topological polar surface area (TPSA) is 49.3 Å². The Hall–Kier alpha value is -0.410. The van der Waals surface area contributed by atoms with E-state index in [9.17, 15) is 9.90 Å². The standard InChI is InChI=1S/C9H19NO2/c1-5-8(12)9(7(4)11)10-6(2)3/h6-7,9-11H,5H2,1-4H3/t7-,9+/m1/s1. The van der Waals surface area contributed by atoms with Crippen molar-refractivity contribution in [3.05, 3.63) is 0 Å². The van der Waals surface area contributed by atoms with Gasteiger partial charge in [-0.2, -0.15) is 0 Å². The molecule has 0 aliphatic rings. The van der Waals surface area contributed by atoms with Gasteiger partial charge in [-0.1, -0.05) is 20.8 Å².